The molecule has 1 atom stereocenters. The topological polar surface area (TPSA) is 76.7 Å². The summed E-state index contributed by atoms with van der Waals surface area (Å²) < 4.78 is 10.1. The van der Waals surface area contributed by atoms with Crippen molar-refractivity contribution >= 4 is 23.8 Å². The van der Waals surface area contributed by atoms with E-state index in [0.29, 0.717) is 17.9 Å². The number of carbonyl (C=O) groups is 2. The number of nitrogens with one attached hydrogen (secondary N) is 2. The maximum atomic E-state index is 12.4. The fourth-order valence-electron chi connectivity index (χ4n) is 2.31. The van der Waals surface area contributed by atoms with Gasteiger partial charge in [-0.1, -0.05) is 12.1 Å². The summed E-state index contributed by atoms with van der Waals surface area (Å²) in [5.74, 6) is -0.467. The Kier molecular flexibility index (Phi) is 6.06. The first-order chi connectivity index (χ1) is 11.1. The maximum absolute atomic E-state index is 12.4. The second-order valence-electron chi connectivity index (χ2n) is 4.97. The predicted molar refractivity (Wildman–Crippen MR) is 88.2 cm³/mol. The molecule has 0 unspecified atom stereocenters. The highest BCUT2D eigenvalue weighted by atomic mass is 32.2. The lowest BCUT2D eigenvalue weighted by molar-refractivity contribution is -0.140. The highest BCUT2D eigenvalue weighted by Crippen LogP contribution is 2.28. The van der Waals surface area contributed by atoms with Crippen LogP contribution >= 0.6 is 11.8 Å². The molecule has 23 heavy (non-hydrogen) atoms. The lowest BCUT2D eigenvalue weighted by Crippen LogP contribution is -2.45. The number of esters is 1. The largest absolute Gasteiger partial charge is 0.460 e. The first-order valence-corrected chi connectivity index (χ1v) is 8.37. The van der Waals surface area contributed by atoms with Crippen LogP contribution in [0, 0.1) is 0 Å². The number of carbonyl (C=O) groups excluding carboxylic acids is 2. The number of ether oxygens (including phenoxy) is 2. The van der Waals surface area contributed by atoms with Crippen LogP contribution in [0.5, 0.6) is 0 Å². The molecular weight excluding hydrogens is 316 g/mol. The van der Waals surface area contributed by atoms with E-state index >= 15 is 0 Å². The van der Waals surface area contributed by atoms with Gasteiger partial charge in [-0.2, -0.15) is 0 Å². The van der Waals surface area contributed by atoms with Crippen LogP contribution < -0.4 is 10.6 Å². The Labute approximate surface area is 139 Å². The van der Waals surface area contributed by atoms with Crippen molar-refractivity contribution in [1.82, 2.24) is 10.6 Å². The second kappa shape index (κ2) is 8.03. The second-order valence-corrected chi connectivity index (χ2v) is 5.85. The van der Waals surface area contributed by atoms with Crippen LogP contribution in [-0.2, 0) is 14.3 Å². The third-order valence-electron chi connectivity index (χ3n) is 3.46. The Bertz CT molecular complexity index is 613. The fourth-order valence-corrected chi connectivity index (χ4v) is 2.71. The molecule has 0 bridgehead atoms. The molecular formula is C16H20N2O4S. The number of hydrogen-bond donors (Lipinski definition) is 2. The van der Waals surface area contributed by atoms with E-state index in [1.165, 1.54) is 7.11 Å². The number of allylic oxidation sites excluding steroid dienone is 1. The van der Waals surface area contributed by atoms with Crippen LogP contribution in [0.2, 0.25) is 0 Å². The zero-order valence-corrected chi connectivity index (χ0v) is 14.2. The molecule has 2 rings (SSSR count). The smallest absolute Gasteiger partial charge is 0.338 e. The Balaban J connectivity index is 2.27. The minimum Gasteiger partial charge on any atom is -0.460 e. The standard InChI is InChI=1S/C16H20N2O4S/c1-10-13(15(19)22-9-8-21-2)14(18-16(20)17-10)11-4-6-12(23-3)7-5-11/h4-7,14H,8-9H2,1-3H3,(H2,17,18,20)/t14-/m0/s1. The normalized spacial score (nSPS) is 17.5. The summed E-state index contributed by atoms with van der Waals surface area (Å²) in [5, 5.41) is 5.39. The van der Waals surface area contributed by atoms with Gasteiger partial charge in [-0.05, 0) is 30.9 Å². The Hall–Kier alpha value is -1.99. The first-order valence-electron chi connectivity index (χ1n) is 7.15. The average molecular weight is 336 g/mol. The molecule has 0 saturated heterocycles. The van der Waals surface area contributed by atoms with Gasteiger partial charge < -0.3 is 20.1 Å². The van der Waals surface area contributed by atoms with Crippen LogP contribution in [0.15, 0.2) is 40.4 Å². The van der Waals surface area contributed by atoms with Gasteiger partial charge in [-0.15, -0.1) is 11.8 Å². The lowest BCUT2D eigenvalue weighted by Gasteiger charge is -2.28. The van der Waals surface area contributed by atoms with E-state index in [0.717, 1.165) is 10.5 Å². The van der Waals surface area contributed by atoms with Crippen molar-refractivity contribution in [1.29, 1.82) is 0 Å². The summed E-state index contributed by atoms with van der Waals surface area (Å²) in [6, 6.07) is 6.84. The molecule has 1 aromatic rings. The van der Waals surface area contributed by atoms with Crippen LogP contribution in [0.1, 0.15) is 18.5 Å². The van der Waals surface area contributed by atoms with Crippen molar-refractivity contribution < 1.29 is 19.1 Å². The van der Waals surface area contributed by atoms with Gasteiger partial charge in [-0.3, -0.25) is 0 Å². The summed E-state index contributed by atoms with van der Waals surface area (Å²) in [6.45, 7) is 2.18. The third-order valence-corrected chi connectivity index (χ3v) is 4.20. The van der Waals surface area contributed by atoms with Crippen LogP contribution in [0.4, 0.5) is 4.79 Å². The summed E-state index contributed by atoms with van der Waals surface area (Å²) in [4.78, 5) is 25.3. The van der Waals surface area contributed by atoms with Gasteiger partial charge in [-0.25, -0.2) is 9.59 Å². The summed E-state index contributed by atoms with van der Waals surface area (Å²) in [7, 11) is 1.54. The van der Waals surface area contributed by atoms with Crippen molar-refractivity contribution in [2.24, 2.45) is 0 Å². The molecule has 1 aliphatic rings. The number of methoxy groups -OCH3 is 1. The van der Waals surface area contributed by atoms with E-state index in [4.69, 9.17) is 9.47 Å². The molecule has 2 N–H and O–H groups in total. The van der Waals surface area contributed by atoms with E-state index in [1.54, 1.807) is 18.7 Å². The number of urea groups is 1. The first kappa shape index (κ1) is 17.4. The molecule has 0 spiro atoms. The quantitative estimate of drug-likeness (QED) is 0.473. The minimum absolute atomic E-state index is 0.165. The number of amides is 2. The molecule has 124 valence electrons. The van der Waals surface area contributed by atoms with E-state index < -0.39 is 12.0 Å². The van der Waals surface area contributed by atoms with Crippen molar-refractivity contribution in [2.45, 2.75) is 17.9 Å². The van der Waals surface area contributed by atoms with Crippen molar-refractivity contribution in [2.75, 3.05) is 26.6 Å². The monoisotopic (exact) mass is 336 g/mol. The van der Waals surface area contributed by atoms with Gasteiger partial charge in [0.25, 0.3) is 0 Å². The molecule has 0 radical (unpaired) electrons. The molecule has 0 aromatic heterocycles. The van der Waals surface area contributed by atoms with Crippen LogP contribution in [-0.4, -0.2) is 38.6 Å². The average Bonchev–Trinajstić information content (AvgIpc) is 2.54. The molecule has 1 aliphatic heterocycles. The molecule has 2 amide bonds. The van der Waals surface area contributed by atoms with Gasteiger partial charge >= 0.3 is 12.0 Å². The molecule has 0 fully saturated rings. The minimum atomic E-state index is -0.533. The molecule has 1 aromatic carbocycles. The summed E-state index contributed by atoms with van der Waals surface area (Å²) in [6.07, 6.45) is 1.99. The number of benzene rings is 1. The van der Waals surface area contributed by atoms with Gasteiger partial charge in [0.15, 0.2) is 0 Å². The van der Waals surface area contributed by atoms with Crippen molar-refractivity contribution in [3.05, 3.63) is 41.1 Å². The molecule has 1 heterocycles. The predicted octanol–water partition coefficient (Wildman–Crippen LogP) is 2.23. The highest BCUT2D eigenvalue weighted by Gasteiger charge is 2.32. The highest BCUT2D eigenvalue weighted by molar-refractivity contribution is 7.98. The zero-order chi connectivity index (χ0) is 16.8. The Morgan fingerprint density at radius 1 is 1.26 bits per heavy atom. The number of thioether (sulfide) groups is 1. The Morgan fingerprint density at radius 2 is 1.96 bits per heavy atom. The van der Waals surface area contributed by atoms with E-state index in [-0.39, 0.29) is 12.6 Å². The molecule has 6 nitrogen and oxygen atoms in total. The number of hydrogen-bond acceptors (Lipinski definition) is 5. The zero-order valence-electron chi connectivity index (χ0n) is 13.3. The van der Waals surface area contributed by atoms with Crippen molar-refractivity contribution in [3.8, 4) is 0 Å². The fraction of sp³-hybridized carbons (Fsp3) is 0.375. The molecule has 0 aliphatic carbocycles. The maximum Gasteiger partial charge on any atom is 0.338 e. The number of rotatable bonds is 6. The third kappa shape index (κ3) is 4.27. The van der Waals surface area contributed by atoms with Gasteiger partial charge in [0.1, 0.15) is 6.61 Å². The van der Waals surface area contributed by atoms with Crippen molar-refractivity contribution in [3.63, 3.8) is 0 Å². The van der Waals surface area contributed by atoms with Crippen LogP contribution in [0.25, 0.3) is 0 Å². The van der Waals surface area contributed by atoms with E-state index in [2.05, 4.69) is 10.6 Å². The van der Waals surface area contributed by atoms with Gasteiger partial charge in [0.2, 0.25) is 0 Å². The van der Waals surface area contributed by atoms with E-state index in [9.17, 15) is 9.59 Å². The Morgan fingerprint density at radius 3 is 2.57 bits per heavy atom. The SMILES string of the molecule is COCCOC(=O)C1=C(C)NC(=O)N[C@H]1c1ccc(SC)cc1. The van der Waals surface area contributed by atoms with Crippen LogP contribution in [0.3, 0.4) is 0 Å². The molecule has 0 saturated carbocycles. The summed E-state index contributed by atoms with van der Waals surface area (Å²) >= 11 is 1.63. The lowest BCUT2D eigenvalue weighted by atomic mass is 9.96. The summed E-state index contributed by atoms with van der Waals surface area (Å²) in [5.41, 5.74) is 1.73. The van der Waals surface area contributed by atoms with Gasteiger partial charge in [0, 0.05) is 17.7 Å². The van der Waals surface area contributed by atoms with Gasteiger partial charge in [0.05, 0.1) is 18.2 Å². The van der Waals surface area contributed by atoms with E-state index in [1.807, 2.05) is 30.5 Å². The molecule has 7 heteroatoms.